The van der Waals surface area contributed by atoms with Gasteiger partial charge in [-0.15, -0.1) is 6.58 Å². The number of hydrogen-bond acceptors (Lipinski definition) is 2. The summed E-state index contributed by atoms with van der Waals surface area (Å²) >= 11 is 0. The molecule has 0 aromatic rings. The van der Waals surface area contributed by atoms with Crippen LogP contribution in [-0.4, -0.2) is 30.7 Å². The van der Waals surface area contributed by atoms with Crippen molar-refractivity contribution >= 4 is 6.09 Å². The summed E-state index contributed by atoms with van der Waals surface area (Å²) in [5.41, 5.74) is 0. The van der Waals surface area contributed by atoms with E-state index in [-0.39, 0.29) is 6.09 Å². The molecule has 3 nitrogen and oxygen atoms in total. The molecule has 1 rings (SSSR count). The lowest BCUT2D eigenvalue weighted by Gasteiger charge is -2.33. The van der Waals surface area contributed by atoms with Gasteiger partial charge in [-0.2, -0.15) is 0 Å². The normalized spacial score (nSPS) is 17.3. The maximum atomic E-state index is 11.7. The molecular weight excluding hydrogens is 250 g/mol. The second-order valence-electron chi connectivity index (χ2n) is 5.26. The summed E-state index contributed by atoms with van der Waals surface area (Å²) in [5.74, 6) is 1.55. The van der Waals surface area contributed by atoms with E-state index < -0.39 is 0 Å². The first-order chi connectivity index (χ1) is 9.60. The minimum atomic E-state index is -0.161. The van der Waals surface area contributed by atoms with Crippen LogP contribution in [0.5, 0.6) is 0 Å². The second-order valence-corrected chi connectivity index (χ2v) is 5.26. The maximum Gasteiger partial charge on any atom is 0.410 e. The number of nitrogens with zero attached hydrogens (tertiary/aromatic N) is 1. The van der Waals surface area contributed by atoms with E-state index >= 15 is 0 Å². The number of carbonyl (C=O) groups is 1. The number of hydrogen-bond donors (Lipinski definition) is 0. The lowest BCUT2D eigenvalue weighted by atomic mass is 9.84. The van der Waals surface area contributed by atoms with Crippen LogP contribution in [0.15, 0.2) is 24.8 Å². The molecule has 116 valence electrons. The van der Waals surface area contributed by atoms with Crippen LogP contribution in [-0.2, 0) is 4.74 Å². The van der Waals surface area contributed by atoms with E-state index in [0.29, 0.717) is 6.61 Å². The summed E-state index contributed by atoms with van der Waals surface area (Å²) in [6.07, 6.45) is 8.80. The van der Waals surface area contributed by atoms with Crippen LogP contribution < -0.4 is 0 Å². The average molecular weight is 281 g/mol. The van der Waals surface area contributed by atoms with Crippen LogP contribution in [0, 0.1) is 11.8 Å². The highest BCUT2D eigenvalue weighted by atomic mass is 16.6. The highest BCUT2D eigenvalue weighted by Crippen LogP contribution is 2.26. The van der Waals surface area contributed by atoms with Crippen molar-refractivity contribution in [3.8, 4) is 0 Å². The summed E-state index contributed by atoms with van der Waals surface area (Å²) < 4.78 is 5.14. The fourth-order valence-corrected chi connectivity index (χ4v) is 2.29. The number of ether oxygens (including phenoxy) is 1. The van der Waals surface area contributed by atoms with Crippen LogP contribution in [0.4, 0.5) is 4.79 Å². The predicted molar refractivity (Wildman–Crippen MR) is 85.8 cm³/mol. The minimum absolute atomic E-state index is 0.161. The highest BCUT2D eigenvalue weighted by molar-refractivity contribution is 5.67. The molecule has 20 heavy (non-hydrogen) atoms. The first kappa shape index (κ1) is 18.8. The molecular formula is C17H31NO2. The van der Waals surface area contributed by atoms with Gasteiger partial charge in [-0.1, -0.05) is 38.5 Å². The molecule has 0 aromatic carbocycles. The number of amides is 1. The van der Waals surface area contributed by atoms with Gasteiger partial charge in [0.1, 0.15) is 6.61 Å². The number of allylic oxidation sites excluding steroid dienone is 2. The third-order valence-corrected chi connectivity index (χ3v) is 3.79. The average Bonchev–Trinajstić information content (AvgIpc) is 2.47. The van der Waals surface area contributed by atoms with E-state index in [0.717, 1.165) is 37.8 Å². The van der Waals surface area contributed by atoms with Gasteiger partial charge in [-0.05, 0) is 38.5 Å². The molecule has 1 aliphatic rings. The Labute approximate surface area is 124 Å². The topological polar surface area (TPSA) is 29.5 Å². The maximum absolute atomic E-state index is 11.7. The van der Waals surface area contributed by atoms with Gasteiger partial charge in [-0.25, -0.2) is 4.79 Å². The first-order valence-electron chi connectivity index (χ1n) is 7.70. The standard InChI is InChI=1S/C14H25NO2.C3H6/c1-4-6-11-17-14(16)15-9-7-13(8-10-15)12(3)5-2;1-3-2/h4,6,12-13H,5,7-11H2,1-3H3;3H,1H2,2H3/b6-4+;. The smallest absolute Gasteiger partial charge is 0.410 e. The summed E-state index contributed by atoms with van der Waals surface area (Å²) in [7, 11) is 0. The van der Waals surface area contributed by atoms with Crippen molar-refractivity contribution in [1.82, 2.24) is 4.90 Å². The Bertz CT molecular complexity index is 291. The molecule has 0 aromatic heterocycles. The van der Waals surface area contributed by atoms with E-state index in [1.54, 1.807) is 6.08 Å². The molecule has 3 heteroatoms. The molecule has 1 aliphatic heterocycles. The Kier molecular flexibility index (Phi) is 10.8. The van der Waals surface area contributed by atoms with Gasteiger partial charge in [0.15, 0.2) is 0 Å². The largest absolute Gasteiger partial charge is 0.445 e. The number of carbonyl (C=O) groups excluding carboxylic acids is 1. The number of rotatable bonds is 4. The summed E-state index contributed by atoms with van der Waals surface area (Å²) in [4.78, 5) is 13.5. The van der Waals surface area contributed by atoms with Crippen molar-refractivity contribution in [1.29, 1.82) is 0 Å². The van der Waals surface area contributed by atoms with E-state index in [1.807, 2.05) is 30.9 Å². The molecule has 0 radical (unpaired) electrons. The van der Waals surface area contributed by atoms with Gasteiger partial charge in [0.05, 0.1) is 0 Å². The third-order valence-electron chi connectivity index (χ3n) is 3.79. The Morgan fingerprint density at radius 2 is 1.95 bits per heavy atom. The van der Waals surface area contributed by atoms with Crippen LogP contribution in [0.25, 0.3) is 0 Å². The van der Waals surface area contributed by atoms with Crippen LogP contribution in [0.3, 0.4) is 0 Å². The Morgan fingerprint density at radius 3 is 2.40 bits per heavy atom. The predicted octanol–water partition coefficient (Wildman–Crippen LogP) is 4.65. The SMILES string of the molecule is C/C=C/COC(=O)N1CCC(C(C)CC)CC1.C=CC. The van der Waals surface area contributed by atoms with Crippen LogP contribution in [0.2, 0.25) is 0 Å². The van der Waals surface area contributed by atoms with E-state index in [9.17, 15) is 4.79 Å². The van der Waals surface area contributed by atoms with Crippen molar-refractivity contribution in [2.45, 2.75) is 47.0 Å². The molecule has 1 atom stereocenters. The van der Waals surface area contributed by atoms with E-state index in [4.69, 9.17) is 4.74 Å². The van der Waals surface area contributed by atoms with Crippen molar-refractivity contribution in [2.24, 2.45) is 11.8 Å². The third kappa shape index (κ3) is 7.37. The van der Waals surface area contributed by atoms with Gasteiger partial charge in [0.2, 0.25) is 0 Å². The fourth-order valence-electron chi connectivity index (χ4n) is 2.29. The van der Waals surface area contributed by atoms with E-state index in [2.05, 4.69) is 20.4 Å². The summed E-state index contributed by atoms with van der Waals surface area (Å²) in [6.45, 7) is 13.8. The van der Waals surface area contributed by atoms with E-state index in [1.165, 1.54) is 6.42 Å². The lowest BCUT2D eigenvalue weighted by molar-refractivity contribution is 0.0889. The molecule has 1 saturated heterocycles. The Morgan fingerprint density at radius 1 is 1.40 bits per heavy atom. The zero-order chi connectivity index (χ0) is 15.4. The molecule has 0 aliphatic carbocycles. The van der Waals surface area contributed by atoms with Crippen molar-refractivity contribution in [3.63, 3.8) is 0 Å². The van der Waals surface area contributed by atoms with Crippen molar-refractivity contribution in [3.05, 3.63) is 24.8 Å². The van der Waals surface area contributed by atoms with Crippen molar-refractivity contribution < 1.29 is 9.53 Å². The van der Waals surface area contributed by atoms with Crippen molar-refractivity contribution in [2.75, 3.05) is 19.7 Å². The molecule has 0 N–H and O–H groups in total. The van der Waals surface area contributed by atoms with Gasteiger partial charge < -0.3 is 9.64 Å². The first-order valence-corrected chi connectivity index (χ1v) is 7.70. The Hall–Kier alpha value is -1.25. The molecule has 1 amide bonds. The van der Waals surface area contributed by atoms with Gasteiger partial charge in [0.25, 0.3) is 0 Å². The van der Waals surface area contributed by atoms with Gasteiger partial charge in [-0.3, -0.25) is 0 Å². The molecule has 1 unspecified atom stereocenters. The zero-order valence-corrected chi connectivity index (χ0v) is 13.6. The highest BCUT2D eigenvalue weighted by Gasteiger charge is 2.25. The van der Waals surface area contributed by atoms with Crippen LogP contribution in [0.1, 0.15) is 47.0 Å². The van der Waals surface area contributed by atoms with Gasteiger partial charge in [0, 0.05) is 13.1 Å². The summed E-state index contributed by atoms with van der Waals surface area (Å²) in [5, 5.41) is 0. The fraction of sp³-hybridized carbons (Fsp3) is 0.706. The molecule has 0 bridgehead atoms. The lowest BCUT2D eigenvalue weighted by Crippen LogP contribution is -2.40. The quantitative estimate of drug-likeness (QED) is 0.702. The second kappa shape index (κ2) is 11.6. The van der Waals surface area contributed by atoms with Crippen LogP contribution >= 0.6 is 0 Å². The number of piperidine rings is 1. The molecule has 0 saturated carbocycles. The number of likely N-dealkylation sites (tertiary alicyclic amines) is 1. The monoisotopic (exact) mass is 281 g/mol. The molecule has 0 spiro atoms. The summed E-state index contributed by atoms with van der Waals surface area (Å²) in [6, 6.07) is 0. The molecule has 1 heterocycles. The molecule has 1 fully saturated rings. The zero-order valence-electron chi connectivity index (χ0n) is 13.6. The minimum Gasteiger partial charge on any atom is -0.445 e. The van der Waals surface area contributed by atoms with Gasteiger partial charge >= 0.3 is 6.09 Å². The Balaban J connectivity index is 0.00000110.